The minimum Gasteiger partial charge on any atom is -0.398 e. The third-order valence-electron chi connectivity index (χ3n) is 11.9. The number of rotatable bonds is 7. The highest BCUT2D eigenvalue weighted by Crippen LogP contribution is 2.54. The van der Waals surface area contributed by atoms with Gasteiger partial charge in [0, 0.05) is 22.2 Å². The van der Waals surface area contributed by atoms with Crippen LogP contribution in [-0.4, -0.2) is 5.71 Å². The molecule has 0 aromatic heterocycles. The topological polar surface area (TPSA) is 38.4 Å². The van der Waals surface area contributed by atoms with Crippen LogP contribution in [-0.2, 0) is 12.0 Å². The number of benzene rings is 9. The van der Waals surface area contributed by atoms with Crippen LogP contribution in [0.2, 0.25) is 0 Å². The van der Waals surface area contributed by atoms with E-state index in [9.17, 15) is 0 Å². The summed E-state index contributed by atoms with van der Waals surface area (Å²) < 4.78 is 0. The molecule has 272 valence electrons. The average molecular weight is 731 g/mol. The number of hydrogen-bond acceptors (Lipinski definition) is 2. The summed E-state index contributed by atoms with van der Waals surface area (Å²) >= 11 is 0. The first-order chi connectivity index (χ1) is 28.0. The Morgan fingerprint density at radius 1 is 0.491 bits per heavy atom. The van der Waals surface area contributed by atoms with E-state index in [4.69, 9.17) is 10.7 Å². The summed E-state index contributed by atoms with van der Waals surface area (Å²) in [6.07, 6.45) is 2.06. The minimum atomic E-state index is -0.122. The maximum absolute atomic E-state index is 7.09. The molecular weight excluding hydrogens is 689 g/mol. The van der Waals surface area contributed by atoms with E-state index in [2.05, 4.69) is 202 Å². The second-order valence-electron chi connectivity index (χ2n) is 15.7. The first-order valence-corrected chi connectivity index (χ1v) is 19.8. The Morgan fingerprint density at radius 3 is 1.86 bits per heavy atom. The van der Waals surface area contributed by atoms with Crippen LogP contribution in [0.1, 0.15) is 41.7 Å². The molecule has 0 saturated carbocycles. The molecule has 0 atom stereocenters. The van der Waals surface area contributed by atoms with Crippen LogP contribution >= 0.6 is 0 Å². The van der Waals surface area contributed by atoms with Gasteiger partial charge >= 0.3 is 0 Å². The second kappa shape index (κ2) is 13.9. The van der Waals surface area contributed by atoms with E-state index in [0.29, 0.717) is 12.2 Å². The number of hydrogen-bond donors (Lipinski definition) is 1. The van der Waals surface area contributed by atoms with E-state index in [1.54, 1.807) is 0 Å². The molecular formula is C55H42N2. The van der Waals surface area contributed by atoms with Crippen molar-refractivity contribution in [3.63, 3.8) is 0 Å². The van der Waals surface area contributed by atoms with Gasteiger partial charge in [-0.2, -0.15) is 0 Å². The van der Waals surface area contributed by atoms with E-state index in [1.807, 2.05) is 6.07 Å². The fourth-order valence-electron chi connectivity index (χ4n) is 9.17. The standard InChI is InChI=1S/C55H42N2/c1-55(2)50-33-30-38-17-7-9-20-43(38)53(50)49-25-13-23-44(54(49)55)40-28-26-39(27-29-40)42-31-32-47(46-22-11-10-21-45(42)46)51(56)34-52(57-35-36-14-4-3-5-15-36)48-24-12-18-37-16-6-8-19-41(37)48/h3-34H,35,56H2,1-2H3/b51-34-,57-52?. The largest absolute Gasteiger partial charge is 0.398 e. The molecule has 9 aromatic rings. The molecule has 1 aliphatic rings. The highest BCUT2D eigenvalue weighted by Gasteiger charge is 2.38. The Bertz CT molecular complexity index is 3050. The molecule has 0 heterocycles. The summed E-state index contributed by atoms with van der Waals surface area (Å²) in [6, 6.07) is 67.6. The van der Waals surface area contributed by atoms with Crippen LogP contribution < -0.4 is 5.73 Å². The summed E-state index contributed by atoms with van der Waals surface area (Å²) in [7, 11) is 0. The lowest BCUT2D eigenvalue weighted by Gasteiger charge is -2.24. The van der Waals surface area contributed by atoms with Gasteiger partial charge in [-0.3, -0.25) is 4.99 Å². The zero-order valence-electron chi connectivity index (χ0n) is 32.2. The SMILES string of the molecule is CC1(C)c2ccc3ccccc3c2-c2cccc(-c3ccc(-c4ccc(/C(N)=C/C(=NCc5ccccc5)c5cccc6ccccc56)c5ccccc45)cc3)c21. The molecule has 0 aliphatic heterocycles. The van der Waals surface area contributed by atoms with Crippen molar-refractivity contribution in [2.75, 3.05) is 0 Å². The van der Waals surface area contributed by atoms with E-state index in [1.165, 1.54) is 60.7 Å². The van der Waals surface area contributed by atoms with Crippen LogP contribution in [0.4, 0.5) is 0 Å². The van der Waals surface area contributed by atoms with Crippen molar-refractivity contribution < 1.29 is 0 Å². The highest BCUT2D eigenvalue weighted by molar-refractivity contribution is 6.19. The lowest BCUT2D eigenvalue weighted by atomic mass is 9.78. The van der Waals surface area contributed by atoms with E-state index in [0.717, 1.165) is 38.6 Å². The molecule has 0 fully saturated rings. The van der Waals surface area contributed by atoms with Crippen molar-refractivity contribution in [1.82, 2.24) is 0 Å². The molecule has 1 aliphatic carbocycles. The molecule has 0 radical (unpaired) electrons. The van der Waals surface area contributed by atoms with Crippen LogP contribution in [0.25, 0.3) is 71.4 Å². The molecule has 2 heteroatoms. The summed E-state index contributed by atoms with van der Waals surface area (Å²) in [5.74, 6) is 0. The van der Waals surface area contributed by atoms with Gasteiger partial charge in [-0.05, 0) is 88.5 Å². The maximum Gasteiger partial charge on any atom is 0.0677 e. The predicted molar refractivity (Wildman–Crippen MR) is 243 cm³/mol. The predicted octanol–water partition coefficient (Wildman–Crippen LogP) is 13.8. The first kappa shape index (κ1) is 34.5. The monoisotopic (exact) mass is 730 g/mol. The molecule has 10 rings (SSSR count). The highest BCUT2D eigenvalue weighted by atomic mass is 14.7. The first-order valence-electron chi connectivity index (χ1n) is 19.8. The molecule has 57 heavy (non-hydrogen) atoms. The van der Waals surface area contributed by atoms with E-state index >= 15 is 0 Å². The number of nitrogens with two attached hydrogens (primary N) is 1. The third kappa shape index (κ3) is 5.93. The zero-order chi connectivity index (χ0) is 38.5. The molecule has 9 aromatic carbocycles. The Kier molecular flexibility index (Phi) is 8.42. The Morgan fingerprint density at radius 2 is 1.09 bits per heavy atom. The Labute approximate surface area is 334 Å². The van der Waals surface area contributed by atoms with Gasteiger partial charge in [-0.1, -0.05) is 202 Å². The minimum absolute atomic E-state index is 0.122. The summed E-state index contributed by atoms with van der Waals surface area (Å²) in [6.45, 7) is 5.31. The Balaban J connectivity index is 1.03. The number of allylic oxidation sites excluding steroid dienone is 1. The van der Waals surface area contributed by atoms with Crippen molar-refractivity contribution in [2.24, 2.45) is 10.7 Å². The number of aliphatic imine (C=N–C) groups is 1. The fraction of sp³-hybridized carbons (Fsp3) is 0.0727. The fourth-order valence-corrected chi connectivity index (χ4v) is 9.17. The molecule has 0 spiro atoms. The second-order valence-corrected chi connectivity index (χ2v) is 15.7. The van der Waals surface area contributed by atoms with Crippen molar-refractivity contribution in [1.29, 1.82) is 0 Å². The molecule has 0 bridgehead atoms. The maximum atomic E-state index is 7.09. The van der Waals surface area contributed by atoms with Gasteiger partial charge in [0.1, 0.15) is 0 Å². The average Bonchev–Trinajstić information content (AvgIpc) is 3.51. The summed E-state index contributed by atoms with van der Waals surface area (Å²) in [5.41, 5.74) is 22.1. The molecule has 0 saturated heterocycles. The van der Waals surface area contributed by atoms with Crippen LogP contribution in [0.15, 0.2) is 199 Å². The third-order valence-corrected chi connectivity index (χ3v) is 11.9. The van der Waals surface area contributed by atoms with Gasteiger partial charge in [0.15, 0.2) is 0 Å². The molecule has 2 N–H and O–H groups in total. The van der Waals surface area contributed by atoms with Crippen molar-refractivity contribution in [2.45, 2.75) is 25.8 Å². The van der Waals surface area contributed by atoms with Gasteiger partial charge in [0.2, 0.25) is 0 Å². The number of fused-ring (bicyclic) bond motifs is 7. The quantitative estimate of drug-likeness (QED) is 0.163. The van der Waals surface area contributed by atoms with Crippen molar-refractivity contribution in [3.05, 3.63) is 222 Å². The van der Waals surface area contributed by atoms with Gasteiger partial charge in [-0.15, -0.1) is 0 Å². The smallest absolute Gasteiger partial charge is 0.0677 e. The van der Waals surface area contributed by atoms with Gasteiger partial charge in [-0.25, -0.2) is 0 Å². The van der Waals surface area contributed by atoms with Crippen LogP contribution in [0.3, 0.4) is 0 Å². The lowest BCUT2D eigenvalue weighted by Crippen LogP contribution is -2.16. The van der Waals surface area contributed by atoms with Gasteiger partial charge in [0.25, 0.3) is 0 Å². The van der Waals surface area contributed by atoms with Crippen LogP contribution in [0, 0.1) is 0 Å². The zero-order valence-corrected chi connectivity index (χ0v) is 32.2. The normalized spacial score (nSPS) is 13.6. The summed E-state index contributed by atoms with van der Waals surface area (Å²) in [5, 5.41) is 7.21. The van der Waals surface area contributed by atoms with Crippen LogP contribution in [0.5, 0.6) is 0 Å². The van der Waals surface area contributed by atoms with Gasteiger partial charge in [0.05, 0.1) is 12.3 Å². The molecule has 2 nitrogen and oxygen atoms in total. The van der Waals surface area contributed by atoms with E-state index in [-0.39, 0.29) is 5.41 Å². The van der Waals surface area contributed by atoms with Crippen molar-refractivity contribution in [3.8, 4) is 33.4 Å². The lowest BCUT2D eigenvalue weighted by molar-refractivity contribution is 0.662. The van der Waals surface area contributed by atoms with Crippen molar-refractivity contribution >= 4 is 43.7 Å². The summed E-state index contributed by atoms with van der Waals surface area (Å²) in [4.78, 5) is 5.17. The number of nitrogens with zero attached hydrogens (tertiary/aromatic N) is 1. The Hall–Kier alpha value is -7.03. The molecule has 0 unspecified atom stereocenters. The van der Waals surface area contributed by atoms with E-state index < -0.39 is 0 Å². The van der Waals surface area contributed by atoms with Gasteiger partial charge < -0.3 is 5.73 Å². The molecule has 0 amide bonds.